The zero-order chi connectivity index (χ0) is 28.3. The maximum absolute atomic E-state index is 13.5. The number of nitrogens with zero attached hydrogens (tertiary/aromatic N) is 3. The molecule has 0 bridgehead atoms. The van der Waals surface area contributed by atoms with Crippen LogP contribution in [-0.2, 0) is 17.4 Å². The van der Waals surface area contributed by atoms with Crippen LogP contribution in [0.3, 0.4) is 0 Å². The van der Waals surface area contributed by atoms with E-state index in [-0.39, 0.29) is 29.5 Å². The van der Waals surface area contributed by atoms with E-state index in [4.69, 9.17) is 10.2 Å². The summed E-state index contributed by atoms with van der Waals surface area (Å²) >= 11 is 0. The Kier molecular flexibility index (Phi) is 7.51. The number of halogens is 1. The summed E-state index contributed by atoms with van der Waals surface area (Å²) < 4.78 is 19.5. The van der Waals surface area contributed by atoms with Gasteiger partial charge in [-0.2, -0.15) is 5.26 Å². The summed E-state index contributed by atoms with van der Waals surface area (Å²) in [4.78, 5) is 13.5. The Hall–Kier alpha value is -4.35. The molecule has 1 aliphatic rings. The van der Waals surface area contributed by atoms with E-state index in [2.05, 4.69) is 21.6 Å². The molecule has 1 aliphatic carbocycles. The summed E-state index contributed by atoms with van der Waals surface area (Å²) in [7, 11) is 0. The Morgan fingerprint density at radius 3 is 2.50 bits per heavy atom. The van der Waals surface area contributed by atoms with E-state index < -0.39 is 11.0 Å². The highest BCUT2D eigenvalue weighted by Gasteiger charge is 2.37. The number of amides is 1. The van der Waals surface area contributed by atoms with Gasteiger partial charge in [-0.25, -0.2) is 4.39 Å². The van der Waals surface area contributed by atoms with E-state index in [1.54, 1.807) is 24.3 Å². The molecule has 1 unspecified atom stereocenters. The van der Waals surface area contributed by atoms with Crippen molar-refractivity contribution in [2.75, 3.05) is 0 Å². The summed E-state index contributed by atoms with van der Waals surface area (Å²) in [5, 5.41) is 21.7. The Labute approximate surface area is 233 Å². The Bertz CT molecular complexity index is 1530. The molecule has 0 radical (unpaired) electrons. The minimum Gasteiger partial charge on any atom is -0.419 e. The van der Waals surface area contributed by atoms with E-state index in [1.807, 2.05) is 50.2 Å². The maximum atomic E-state index is 13.5. The second-order valence-electron chi connectivity index (χ2n) is 10.9. The average Bonchev–Trinajstić information content (AvgIpc) is 3.65. The average molecular weight is 538 g/mol. The first-order valence-electron chi connectivity index (χ1n) is 13.5. The van der Waals surface area contributed by atoms with Crippen LogP contribution in [0.2, 0.25) is 0 Å². The lowest BCUT2D eigenvalue weighted by molar-refractivity contribution is 0.0939. The standard InChI is InChI=1S/C32H32FN5O2/c1-21(23-10-12-27(33)13-11-23)36-28(39)24-16-25(18-26(17-24)32(20-34)14-6-7-15-32)29-37-38-30(40-29)31(2,35)19-22-8-4-3-5-9-22/h3-5,8-13,16-18,21H,6-7,14-15,19,35H2,1-2H3,(H,36,39)/t21-,31?/m1/s1. The van der Waals surface area contributed by atoms with Crippen molar-refractivity contribution < 1.29 is 13.6 Å². The smallest absolute Gasteiger partial charge is 0.251 e. The van der Waals surface area contributed by atoms with Crippen molar-refractivity contribution in [2.45, 2.75) is 62.9 Å². The van der Waals surface area contributed by atoms with E-state index in [0.29, 0.717) is 30.4 Å². The van der Waals surface area contributed by atoms with Crippen LogP contribution in [0.5, 0.6) is 0 Å². The van der Waals surface area contributed by atoms with Gasteiger partial charge in [0.25, 0.3) is 5.91 Å². The van der Waals surface area contributed by atoms with Gasteiger partial charge in [0.2, 0.25) is 11.8 Å². The third-order valence-electron chi connectivity index (χ3n) is 7.71. The minimum atomic E-state index is -0.908. The molecule has 1 aromatic heterocycles. The summed E-state index contributed by atoms with van der Waals surface area (Å²) in [6.45, 7) is 3.68. The lowest BCUT2D eigenvalue weighted by atomic mass is 9.79. The van der Waals surface area contributed by atoms with Crippen molar-refractivity contribution in [1.29, 1.82) is 5.26 Å². The first-order valence-corrected chi connectivity index (χ1v) is 13.5. The number of aromatic nitrogens is 2. The number of hydrogen-bond donors (Lipinski definition) is 2. The minimum absolute atomic E-state index is 0.230. The summed E-state index contributed by atoms with van der Waals surface area (Å²) in [5.74, 6) is -0.149. The first kappa shape index (κ1) is 27.2. The number of hydrogen-bond acceptors (Lipinski definition) is 6. The highest BCUT2D eigenvalue weighted by Crippen LogP contribution is 2.42. The zero-order valence-corrected chi connectivity index (χ0v) is 22.7. The van der Waals surface area contributed by atoms with E-state index >= 15 is 0 Å². The molecule has 1 fully saturated rings. The van der Waals surface area contributed by atoms with Crippen LogP contribution in [0.1, 0.15) is 78.5 Å². The molecule has 0 spiro atoms. The Morgan fingerprint density at radius 1 is 1.12 bits per heavy atom. The molecule has 40 heavy (non-hydrogen) atoms. The highest BCUT2D eigenvalue weighted by atomic mass is 19.1. The Balaban J connectivity index is 1.48. The van der Waals surface area contributed by atoms with E-state index in [1.165, 1.54) is 12.1 Å². The quantitative estimate of drug-likeness (QED) is 0.280. The molecular formula is C32H32FN5O2. The normalized spacial score (nSPS) is 16.6. The van der Waals surface area contributed by atoms with Gasteiger partial charge in [-0.05, 0) is 80.1 Å². The van der Waals surface area contributed by atoms with Gasteiger partial charge in [-0.3, -0.25) is 4.79 Å². The fourth-order valence-electron chi connectivity index (χ4n) is 5.38. The van der Waals surface area contributed by atoms with Crippen LogP contribution >= 0.6 is 0 Å². The second kappa shape index (κ2) is 11.0. The van der Waals surface area contributed by atoms with Crippen LogP contribution in [0.25, 0.3) is 11.5 Å². The summed E-state index contributed by atoms with van der Waals surface area (Å²) in [6, 6.07) is 23.4. The second-order valence-corrected chi connectivity index (χ2v) is 10.9. The first-order chi connectivity index (χ1) is 19.2. The SMILES string of the molecule is C[C@@H](NC(=O)c1cc(-c2nnc(C(C)(N)Cc3ccccc3)o2)cc(C2(C#N)CCCC2)c1)c1ccc(F)cc1. The van der Waals surface area contributed by atoms with E-state index in [9.17, 15) is 14.4 Å². The van der Waals surface area contributed by atoms with Crippen molar-refractivity contribution >= 4 is 5.91 Å². The molecule has 4 aromatic rings. The van der Waals surface area contributed by atoms with Crippen LogP contribution in [0.4, 0.5) is 4.39 Å². The molecule has 1 amide bonds. The van der Waals surface area contributed by atoms with Crippen molar-refractivity contribution in [3.05, 3.63) is 107 Å². The molecule has 3 aromatic carbocycles. The lowest BCUT2D eigenvalue weighted by Gasteiger charge is -2.23. The van der Waals surface area contributed by atoms with Crippen LogP contribution in [-0.4, -0.2) is 16.1 Å². The summed E-state index contributed by atoms with van der Waals surface area (Å²) in [6.07, 6.45) is 3.81. The highest BCUT2D eigenvalue weighted by molar-refractivity contribution is 5.96. The van der Waals surface area contributed by atoms with Gasteiger partial charge in [0.15, 0.2) is 0 Å². The van der Waals surface area contributed by atoms with Crippen LogP contribution < -0.4 is 11.1 Å². The van der Waals surface area contributed by atoms with Gasteiger partial charge in [0, 0.05) is 11.1 Å². The molecule has 8 heteroatoms. The van der Waals surface area contributed by atoms with Crippen molar-refractivity contribution in [3.8, 4) is 17.5 Å². The molecule has 204 valence electrons. The number of nitriles is 1. The number of nitrogens with two attached hydrogens (primary N) is 1. The van der Waals surface area contributed by atoms with Crippen molar-refractivity contribution in [2.24, 2.45) is 5.73 Å². The number of carbonyl (C=O) groups excluding carboxylic acids is 1. The molecule has 5 rings (SSSR count). The topological polar surface area (TPSA) is 118 Å². The molecule has 0 saturated heterocycles. The fourth-order valence-corrected chi connectivity index (χ4v) is 5.38. The lowest BCUT2D eigenvalue weighted by Crippen LogP contribution is -2.35. The predicted octanol–water partition coefficient (Wildman–Crippen LogP) is 6.12. The molecule has 2 atom stereocenters. The monoisotopic (exact) mass is 537 g/mol. The van der Waals surface area contributed by atoms with Gasteiger partial charge >= 0.3 is 0 Å². The van der Waals surface area contributed by atoms with Crippen molar-refractivity contribution in [1.82, 2.24) is 15.5 Å². The molecule has 1 saturated carbocycles. The predicted molar refractivity (Wildman–Crippen MR) is 149 cm³/mol. The molecule has 0 aliphatic heterocycles. The third kappa shape index (κ3) is 5.65. The molecule has 7 nitrogen and oxygen atoms in total. The number of nitrogens with one attached hydrogen (secondary N) is 1. The third-order valence-corrected chi connectivity index (χ3v) is 7.71. The van der Waals surface area contributed by atoms with Crippen LogP contribution in [0.15, 0.2) is 77.2 Å². The fraction of sp³-hybridized carbons (Fsp3) is 0.312. The molecule has 3 N–H and O–H groups in total. The van der Waals surface area contributed by atoms with Gasteiger partial charge in [-0.1, -0.05) is 55.3 Å². The zero-order valence-electron chi connectivity index (χ0n) is 22.7. The molecule has 1 heterocycles. The Morgan fingerprint density at radius 2 is 1.82 bits per heavy atom. The van der Waals surface area contributed by atoms with Gasteiger partial charge in [0.05, 0.1) is 23.1 Å². The van der Waals surface area contributed by atoms with Gasteiger partial charge in [-0.15, -0.1) is 10.2 Å². The largest absolute Gasteiger partial charge is 0.419 e. The summed E-state index contributed by atoms with van der Waals surface area (Å²) in [5.41, 5.74) is 8.51. The maximum Gasteiger partial charge on any atom is 0.251 e. The van der Waals surface area contributed by atoms with Gasteiger partial charge in [0.1, 0.15) is 5.82 Å². The number of benzene rings is 3. The van der Waals surface area contributed by atoms with Crippen LogP contribution in [0, 0.1) is 17.1 Å². The van der Waals surface area contributed by atoms with Crippen molar-refractivity contribution in [3.63, 3.8) is 0 Å². The van der Waals surface area contributed by atoms with Gasteiger partial charge < -0.3 is 15.5 Å². The number of carbonyl (C=O) groups is 1. The van der Waals surface area contributed by atoms with E-state index in [0.717, 1.165) is 29.5 Å². The molecular weight excluding hydrogens is 505 g/mol. The number of rotatable bonds is 8.